The Morgan fingerprint density at radius 1 is 1.29 bits per heavy atom. The molecule has 1 saturated heterocycles. The zero-order chi connectivity index (χ0) is 14.8. The molecule has 1 aliphatic heterocycles. The number of rotatable bonds is 10. The fourth-order valence-electron chi connectivity index (χ4n) is 3.21. The summed E-state index contributed by atoms with van der Waals surface area (Å²) in [5, 5.41) is 3.60. The van der Waals surface area contributed by atoms with E-state index in [-0.39, 0.29) is 0 Å². The van der Waals surface area contributed by atoms with E-state index in [0.717, 1.165) is 25.6 Å². The van der Waals surface area contributed by atoms with Crippen LogP contribution in [-0.4, -0.2) is 25.8 Å². The van der Waals surface area contributed by atoms with E-state index >= 15 is 0 Å². The van der Waals surface area contributed by atoms with Gasteiger partial charge in [0.1, 0.15) is 0 Å². The Labute approximate surface area is 130 Å². The molecule has 0 aromatic heterocycles. The molecule has 1 aromatic carbocycles. The summed E-state index contributed by atoms with van der Waals surface area (Å²) >= 11 is 0. The Morgan fingerprint density at radius 2 is 2.14 bits per heavy atom. The van der Waals surface area contributed by atoms with E-state index in [9.17, 15) is 0 Å². The molecule has 2 atom stereocenters. The van der Waals surface area contributed by atoms with Crippen LogP contribution in [-0.2, 0) is 11.2 Å². The second kappa shape index (κ2) is 9.97. The molecule has 0 amide bonds. The number of benzene rings is 1. The lowest BCUT2D eigenvalue weighted by atomic mass is 9.93. The first-order valence-electron chi connectivity index (χ1n) is 8.74. The largest absolute Gasteiger partial charge is 0.378 e. The van der Waals surface area contributed by atoms with Gasteiger partial charge in [-0.15, -0.1) is 0 Å². The van der Waals surface area contributed by atoms with Crippen molar-refractivity contribution >= 4 is 0 Å². The van der Waals surface area contributed by atoms with Gasteiger partial charge in [0.05, 0.1) is 6.10 Å². The molecule has 1 fully saturated rings. The molecule has 2 unspecified atom stereocenters. The van der Waals surface area contributed by atoms with Gasteiger partial charge in [-0.2, -0.15) is 0 Å². The molecular weight excluding hydrogens is 258 g/mol. The van der Waals surface area contributed by atoms with Crippen molar-refractivity contribution in [3.63, 3.8) is 0 Å². The van der Waals surface area contributed by atoms with Crippen molar-refractivity contribution in [3.8, 4) is 0 Å². The highest BCUT2D eigenvalue weighted by atomic mass is 16.5. The zero-order valence-corrected chi connectivity index (χ0v) is 13.5. The van der Waals surface area contributed by atoms with E-state index in [1.54, 1.807) is 0 Å². The molecule has 1 N–H and O–H groups in total. The third-order valence-electron chi connectivity index (χ3n) is 4.39. The van der Waals surface area contributed by atoms with Gasteiger partial charge in [-0.3, -0.25) is 0 Å². The lowest BCUT2D eigenvalue weighted by molar-refractivity contribution is 0.101. The Balaban J connectivity index is 1.73. The highest BCUT2D eigenvalue weighted by Gasteiger charge is 2.16. The zero-order valence-electron chi connectivity index (χ0n) is 13.5. The predicted molar refractivity (Wildman–Crippen MR) is 89.6 cm³/mol. The predicted octanol–water partition coefficient (Wildman–Crippen LogP) is 4.19. The van der Waals surface area contributed by atoms with Gasteiger partial charge in [0.2, 0.25) is 0 Å². The van der Waals surface area contributed by atoms with Crippen molar-refractivity contribution in [2.24, 2.45) is 5.92 Å². The molecule has 2 rings (SSSR count). The van der Waals surface area contributed by atoms with Crippen molar-refractivity contribution in [1.29, 1.82) is 0 Å². The van der Waals surface area contributed by atoms with Crippen molar-refractivity contribution in [2.75, 3.05) is 19.7 Å². The van der Waals surface area contributed by atoms with Crippen molar-refractivity contribution in [2.45, 2.75) is 58.0 Å². The summed E-state index contributed by atoms with van der Waals surface area (Å²) in [5.74, 6) is 0.750. The van der Waals surface area contributed by atoms with E-state index in [2.05, 4.69) is 42.6 Å². The summed E-state index contributed by atoms with van der Waals surface area (Å²) in [6.07, 6.45) is 9.36. The van der Waals surface area contributed by atoms with Crippen LogP contribution in [0, 0.1) is 5.92 Å². The van der Waals surface area contributed by atoms with Crippen molar-refractivity contribution in [1.82, 2.24) is 5.32 Å². The fraction of sp³-hybridized carbons (Fsp3) is 0.684. The van der Waals surface area contributed by atoms with Crippen LogP contribution < -0.4 is 5.32 Å². The van der Waals surface area contributed by atoms with E-state index in [0.29, 0.717) is 6.10 Å². The first-order valence-corrected chi connectivity index (χ1v) is 8.74. The third-order valence-corrected chi connectivity index (χ3v) is 4.39. The van der Waals surface area contributed by atoms with Crippen LogP contribution in [0.5, 0.6) is 0 Å². The van der Waals surface area contributed by atoms with E-state index in [4.69, 9.17) is 4.74 Å². The van der Waals surface area contributed by atoms with Gasteiger partial charge in [-0.05, 0) is 63.1 Å². The van der Waals surface area contributed by atoms with Gasteiger partial charge < -0.3 is 10.1 Å². The Bertz CT molecular complexity index is 359. The first kappa shape index (κ1) is 16.5. The molecule has 1 aliphatic rings. The van der Waals surface area contributed by atoms with E-state index < -0.39 is 0 Å². The van der Waals surface area contributed by atoms with Crippen LogP contribution >= 0.6 is 0 Å². The number of nitrogens with one attached hydrogen (secondary N) is 1. The molecule has 0 saturated carbocycles. The van der Waals surface area contributed by atoms with Gasteiger partial charge in [0.25, 0.3) is 0 Å². The van der Waals surface area contributed by atoms with Crippen LogP contribution in [0.1, 0.15) is 51.0 Å². The normalized spacial score (nSPS) is 19.8. The molecule has 0 aliphatic carbocycles. The summed E-state index contributed by atoms with van der Waals surface area (Å²) in [4.78, 5) is 0. The number of hydrogen-bond acceptors (Lipinski definition) is 2. The van der Waals surface area contributed by atoms with Crippen LogP contribution in [0.3, 0.4) is 0 Å². The van der Waals surface area contributed by atoms with Crippen LogP contribution in [0.4, 0.5) is 0 Å². The maximum atomic E-state index is 5.74. The van der Waals surface area contributed by atoms with Gasteiger partial charge >= 0.3 is 0 Å². The van der Waals surface area contributed by atoms with Crippen molar-refractivity contribution < 1.29 is 4.74 Å². The fourth-order valence-corrected chi connectivity index (χ4v) is 3.21. The molecule has 21 heavy (non-hydrogen) atoms. The van der Waals surface area contributed by atoms with Gasteiger partial charge in [-0.25, -0.2) is 0 Å². The summed E-state index contributed by atoms with van der Waals surface area (Å²) in [5.41, 5.74) is 1.47. The summed E-state index contributed by atoms with van der Waals surface area (Å²) < 4.78 is 5.74. The smallest absolute Gasteiger partial charge is 0.0576 e. The SMILES string of the molecule is CCCNCC(CCCC1CCCO1)Cc1ccccc1. The van der Waals surface area contributed by atoms with Crippen LogP contribution in [0.25, 0.3) is 0 Å². The van der Waals surface area contributed by atoms with Gasteiger partial charge in [0, 0.05) is 6.61 Å². The van der Waals surface area contributed by atoms with Crippen LogP contribution in [0.15, 0.2) is 30.3 Å². The summed E-state index contributed by atoms with van der Waals surface area (Å²) in [6.45, 7) is 5.50. The molecule has 118 valence electrons. The molecule has 1 heterocycles. The monoisotopic (exact) mass is 289 g/mol. The molecule has 2 heteroatoms. The third kappa shape index (κ3) is 6.62. The topological polar surface area (TPSA) is 21.3 Å². The summed E-state index contributed by atoms with van der Waals surface area (Å²) in [7, 11) is 0. The number of hydrogen-bond donors (Lipinski definition) is 1. The Kier molecular flexibility index (Phi) is 7.83. The molecular formula is C19H31NO. The average Bonchev–Trinajstić information content (AvgIpc) is 3.02. The lowest BCUT2D eigenvalue weighted by Crippen LogP contribution is -2.25. The highest BCUT2D eigenvalue weighted by molar-refractivity contribution is 5.15. The van der Waals surface area contributed by atoms with Gasteiger partial charge in [-0.1, -0.05) is 43.7 Å². The van der Waals surface area contributed by atoms with Gasteiger partial charge in [0.15, 0.2) is 0 Å². The minimum atomic E-state index is 0.547. The molecule has 0 spiro atoms. The van der Waals surface area contributed by atoms with E-state index in [1.807, 2.05) is 0 Å². The summed E-state index contributed by atoms with van der Waals surface area (Å²) in [6, 6.07) is 10.9. The second-order valence-corrected chi connectivity index (χ2v) is 6.33. The van der Waals surface area contributed by atoms with Crippen LogP contribution in [0.2, 0.25) is 0 Å². The van der Waals surface area contributed by atoms with E-state index in [1.165, 1.54) is 50.5 Å². The first-order chi connectivity index (χ1) is 10.4. The molecule has 0 bridgehead atoms. The minimum Gasteiger partial charge on any atom is -0.378 e. The minimum absolute atomic E-state index is 0.547. The highest BCUT2D eigenvalue weighted by Crippen LogP contribution is 2.21. The maximum Gasteiger partial charge on any atom is 0.0576 e. The molecule has 2 nitrogen and oxygen atoms in total. The lowest BCUT2D eigenvalue weighted by Gasteiger charge is -2.19. The van der Waals surface area contributed by atoms with Crippen molar-refractivity contribution in [3.05, 3.63) is 35.9 Å². The standard InChI is InChI=1S/C19H31NO/c1-2-13-20-16-18(15-17-8-4-3-5-9-17)10-6-11-19-12-7-14-21-19/h3-5,8-9,18-20H,2,6-7,10-16H2,1H3. The Morgan fingerprint density at radius 3 is 2.86 bits per heavy atom. The second-order valence-electron chi connectivity index (χ2n) is 6.33. The Hall–Kier alpha value is -0.860. The number of ether oxygens (including phenoxy) is 1. The quantitative estimate of drug-likeness (QED) is 0.652. The average molecular weight is 289 g/mol. The maximum absolute atomic E-state index is 5.74. The molecule has 0 radical (unpaired) electrons. The molecule has 1 aromatic rings.